The van der Waals surface area contributed by atoms with Crippen molar-refractivity contribution < 1.29 is 19.0 Å². The van der Waals surface area contributed by atoms with Crippen molar-refractivity contribution in [3.05, 3.63) is 72.8 Å². The van der Waals surface area contributed by atoms with E-state index in [1.54, 1.807) is 13.3 Å². The first-order valence-corrected chi connectivity index (χ1v) is 13.3. The molecule has 0 radical (unpaired) electrons. The first kappa shape index (κ1) is 27.1. The second kappa shape index (κ2) is 12.6. The number of ether oxygens (including phenoxy) is 3. The van der Waals surface area contributed by atoms with E-state index in [1.807, 2.05) is 78.5 Å². The molecule has 4 aromatic rings. The molecule has 0 aliphatic carbocycles. The Bertz CT molecular complexity index is 1440. The fourth-order valence-corrected chi connectivity index (χ4v) is 4.63. The maximum absolute atomic E-state index is 12.4. The molecule has 1 amide bonds. The molecule has 10 nitrogen and oxygen atoms in total. The van der Waals surface area contributed by atoms with E-state index in [0.29, 0.717) is 43.6 Å². The number of nitrogens with zero attached hydrogens (tertiary/aromatic N) is 5. The molecule has 2 aromatic heterocycles. The molecule has 0 atom stereocenters. The van der Waals surface area contributed by atoms with E-state index in [4.69, 9.17) is 14.2 Å². The summed E-state index contributed by atoms with van der Waals surface area (Å²) in [7, 11) is 5.43. The molecule has 40 heavy (non-hydrogen) atoms. The number of nitrogens with one attached hydrogen (secondary N) is 1. The minimum Gasteiger partial charge on any atom is -0.493 e. The van der Waals surface area contributed by atoms with Crippen molar-refractivity contribution in [1.29, 1.82) is 0 Å². The van der Waals surface area contributed by atoms with E-state index in [1.165, 1.54) is 6.33 Å². The highest BCUT2D eigenvalue weighted by Crippen LogP contribution is 2.33. The lowest BCUT2D eigenvalue weighted by molar-refractivity contribution is -0.133. The van der Waals surface area contributed by atoms with Crippen molar-refractivity contribution in [2.24, 2.45) is 0 Å². The normalized spacial score (nSPS) is 13.8. The van der Waals surface area contributed by atoms with E-state index < -0.39 is 0 Å². The van der Waals surface area contributed by atoms with E-state index in [9.17, 15) is 4.79 Å². The number of pyridine rings is 1. The molecule has 10 heteroatoms. The Balaban J connectivity index is 1.26. The quantitative estimate of drug-likeness (QED) is 0.314. The van der Waals surface area contributed by atoms with Crippen LogP contribution in [-0.4, -0.2) is 77.6 Å². The van der Waals surface area contributed by atoms with Crippen LogP contribution in [0.25, 0.3) is 10.9 Å². The number of fused-ring (bicyclic) bond motifs is 1. The van der Waals surface area contributed by atoms with Gasteiger partial charge in [-0.2, -0.15) is 0 Å². The number of likely N-dealkylation sites (tertiary alicyclic amines) is 1. The van der Waals surface area contributed by atoms with E-state index in [2.05, 4.69) is 20.3 Å². The Morgan fingerprint density at radius 3 is 2.62 bits per heavy atom. The molecular formula is C30H34N6O4. The van der Waals surface area contributed by atoms with Crippen LogP contribution in [0.15, 0.2) is 67.1 Å². The van der Waals surface area contributed by atoms with Crippen molar-refractivity contribution in [1.82, 2.24) is 24.8 Å². The number of hydrogen-bond acceptors (Lipinski definition) is 9. The zero-order valence-corrected chi connectivity index (χ0v) is 23.0. The zero-order valence-electron chi connectivity index (χ0n) is 23.0. The van der Waals surface area contributed by atoms with Crippen molar-refractivity contribution in [2.45, 2.75) is 25.6 Å². The van der Waals surface area contributed by atoms with Crippen molar-refractivity contribution >= 4 is 28.3 Å². The summed E-state index contributed by atoms with van der Waals surface area (Å²) in [5, 5.41) is 4.23. The summed E-state index contributed by atoms with van der Waals surface area (Å²) in [5.41, 5.74) is 2.43. The SMILES string of the molecule is COc1cc(Nc2ncnc3ccc(OC4CCN(C(=O)CN(C)C)CC4)cc23)ccc1OCc1ccccn1. The molecule has 1 saturated heterocycles. The molecule has 0 unspecified atom stereocenters. The van der Waals surface area contributed by atoms with Crippen LogP contribution in [0.3, 0.4) is 0 Å². The summed E-state index contributed by atoms with van der Waals surface area (Å²) in [6.45, 7) is 2.17. The number of benzene rings is 2. The van der Waals surface area contributed by atoms with Crippen LogP contribution in [0.5, 0.6) is 17.2 Å². The first-order valence-electron chi connectivity index (χ1n) is 13.3. The lowest BCUT2D eigenvalue weighted by Crippen LogP contribution is -2.44. The summed E-state index contributed by atoms with van der Waals surface area (Å²) in [6, 6.07) is 17.2. The third kappa shape index (κ3) is 6.76. The molecule has 0 saturated carbocycles. The van der Waals surface area contributed by atoms with Gasteiger partial charge in [-0.05, 0) is 56.6 Å². The monoisotopic (exact) mass is 542 g/mol. The van der Waals surface area contributed by atoms with Crippen LogP contribution in [0, 0.1) is 0 Å². The molecule has 3 heterocycles. The molecule has 1 fully saturated rings. The van der Waals surface area contributed by atoms with Crippen LogP contribution >= 0.6 is 0 Å². The lowest BCUT2D eigenvalue weighted by atomic mass is 10.1. The fraction of sp³-hybridized carbons (Fsp3) is 0.333. The molecule has 5 rings (SSSR count). The predicted molar refractivity (Wildman–Crippen MR) is 153 cm³/mol. The lowest BCUT2D eigenvalue weighted by Gasteiger charge is -2.32. The van der Waals surface area contributed by atoms with Gasteiger partial charge in [-0.25, -0.2) is 9.97 Å². The maximum Gasteiger partial charge on any atom is 0.236 e. The van der Waals surface area contributed by atoms with Crippen LogP contribution < -0.4 is 19.5 Å². The molecule has 208 valence electrons. The summed E-state index contributed by atoms with van der Waals surface area (Å²) < 4.78 is 17.8. The second-order valence-electron chi connectivity index (χ2n) is 9.94. The number of anilines is 2. The Morgan fingerprint density at radius 1 is 1.02 bits per heavy atom. The number of likely N-dealkylation sites (N-methyl/N-ethyl adjacent to an activating group) is 1. The average molecular weight is 543 g/mol. The molecule has 0 spiro atoms. The van der Waals surface area contributed by atoms with Crippen molar-refractivity contribution in [3.8, 4) is 17.2 Å². The highest BCUT2D eigenvalue weighted by Gasteiger charge is 2.24. The third-order valence-electron chi connectivity index (χ3n) is 6.68. The Morgan fingerprint density at radius 2 is 1.88 bits per heavy atom. The molecule has 2 aromatic carbocycles. The standard InChI is InChI=1S/C30H34N6O4/c1-35(2)18-29(37)36-14-11-23(12-15-36)40-24-8-9-26-25(17-24)30(33-20-32-26)34-21-7-10-27(28(16-21)38-3)39-19-22-6-4-5-13-31-22/h4-10,13,16-17,20,23H,11-12,14-15,18-19H2,1-3H3,(H,32,33,34). The molecule has 1 N–H and O–H groups in total. The minimum atomic E-state index is 0.0461. The number of hydrogen-bond donors (Lipinski definition) is 1. The van der Waals surface area contributed by atoms with Gasteiger partial charge >= 0.3 is 0 Å². The highest BCUT2D eigenvalue weighted by molar-refractivity contribution is 5.91. The minimum absolute atomic E-state index is 0.0461. The molecule has 1 aliphatic heterocycles. The highest BCUT2D eigenvalue weighted by atomic mass is 16.5. The predicted octanol–water partition coefficient (Wildman–Crippen LogP) is 4.29. The number of methoxy groups -OCH3 is 1. The first-order chi connectivity index (χ1) is 19.5. The van der Waals surface area contributed by atoms with Gasteiger partial charge in [0.1, 0.15) is 30.6 Å². The fourth-order valence-electron chi connectivity index (χ4n) is 4.63. The van der Waals surface area contributed by atoms with Gasteiger partial charge in [0.05, 0.1) is 24.9 Å². The van der Waals surface area contributed by atoms with Crippen molar-refractivity contribution in [2.75, 3.05) is 46.2 Å². The van der Waals surface area contributed by atoms with Crippen LogP contribution in [0.4, 0.5) is 11.5 Å². The summed E-state index contributed by atoms with van der Waals surface area (Å²) in [5.74, 6) is 2.78. The van der Waals surface area contributed by atoms with Gasteiger partial charge in [0, 0.05) is 49.3 Å². The number of carbonyl (C=O) groups is 1. The second-order valence-corrected chi connectivity index (χ2v) is 9.94. The van der Waals surface area contributed by atoms with Gasteiger partial charge in [-0.15, -0.1) is 0 Å². The van der Waals surface area contributed by atoms with Gasteiger partial charge in [-0.3, -0.25) is 9.78 Å². The summed E-state index contributed by atoms with van der Waals surface area (Å²) in [4.78, 5) is 29.4. The number of amides is 1. The van der Waals surface area contributed by atoms with Gasteiger partial charge in [0.15, 0.2) is 11.5 Å². The smallest absolute Gasteiger partial charge is 0.236 e. The number of piperidine rings is 1. The van der Waals surface area contributed by atoms with E-state index in [0.717, 1.165) is 40.9 Å². The number of aromatic nitrogens is 3. The van der Waals surface area contributed by atoms with E-state index in [-0.39, 0.29) is 12.0 Å². The Hall–Kier alpha value is -4.44. The zero-order chi connectivity index (χ0) is 27.9. The number of rotatable bonds is 10. The average Bonchev–Trinajstić information content (AvgIpc) is 2.97. The maximum atomic E-state index is 12.4. The van der Waals surface area contributed by atoms with E-state index >= 15 is 0 Å². The van der Waals surface area contributed by atoms with Crippen molar-refractivity contribution in [3.63, 3.8) is 0 Å². The topological polar surface area (TPSA) is 102 Å². The molecule has 1 aliphatic rings. The van der Waals surface area contributed by atoms with Gasteiger partial charge in [0.25, 0.3) is 0 Å². The molecular weight excluding hydrogens is 508 g/mol. The Kier molecular flexibility index (Phi) is 8.56. The van der Waals surface area contributed by atoms with Crippen LogP contribution in [0.2, 0.25) is 0 Å². The summed E-state index contributed by atoms with van der Waals surface area (Å²) in [6.07, 6.45) is 4.91. The van der Waals surface area contributed by atoms with Gasteiger partial charge in [-0.1, -0.05) is 6.07 Å². The number of carbonyl (C=O) groups excluding carboxylic acids is 1. The van der Waals surface area contributed by atoms with Crippen LogP contribution in [-0.2, 0) is 11.4 Å². The summed E-state index contributed by atoms with van der Waals surface area (Å²) >= 11 is 0. The van der Waals surface area contributed by atoms with Crippen LogP contribution in [0.1, 0.15) is 18.5 Å². The largest absolute Gasteiger partial charge is 0.493 e. The third-order valence-corrected chi connectivity index (χ3v) is 6.68. The molecule has 0 bridgehead atoms. The van der Waals surface area contributed by atoms with Gasteiger partial charge < -0.3 is 29.3 Å². The van der Waals surface area contributed by atoms with Gasteiger partial charge in [0.2, 0.25) is 5.91 Å². The Labute approximate surface area is 233 Å².